The molecule has 4 heteroatoms. The number of rotatable bonds is 1. The van der Waals surface area contributed by atoms with Crippen LogP contribution in [0.2, 0.25) is 0 Å². The number of anilines is 1. The minimum absolute atomic E-state index is 0.362. The van der Waals surface area contributed by atoms with Crippen LogP contribution < -0.4 is 10.2 Å². The van der Waals surface area contributed by atoms with Gasteiger partial charge in [-0.1, -0.05) is 19.3 Å². The quantitative estimate of drug-likeness (QED) is 0.824. The average Bonchev–Trinajstić information content (AvgIpc) is 2.80. The molecule has 1 aromatic rings. The van der Waals surface area contributed by atoms with E-state index in [0.717, 1.165) is 13.1 Å². The number of nitrogens with one attached hydrogen (secondary N) is 1. The zero-order valence-electron chi connectivity index (χ0n) is 11.5. The molecule has 1 spiro atoms. The lowest BCUT2D eigenvalue weighted by atomic mass is 9.79. The van der Waals surface area contributed by atoms with E-state index in [4.69, 9.17) is 0 Å². The lowest BCUT2D eigenvalue weighted by molar-refractivity contribution is 0.200. The van der Waals surface area contributed by atoms with Crippen molar-refractivity contribution in [3.63, 3.8) is 0 Å². The van der Waals surface area contributed by atoms with E-state index in [1.165, 1.54) is 37.8 Å². The van der Waals surface area contributed by atoms with Gasteiger partial charge in [0.2, 0.25) is 0 Å². The molecule has 1 aromatic heterocycles. The first-order chi connectivity index (χ1) is 8.69. The largest absolute Gasteiger partial charge is 0.363 e. The molecule has 3 rings (SSSR count). The minimum Gasteiger partial charge on any atom is -0.363 e. The molecule has 1 N–H and O–H groups in total. The van der Waals surface area contributed by atoms with Gasteiger partial charge in [-0.25, -0.2) is 0 Å². The summed E-state index contributed by atoms with van der Waals surface area (Å²) in [5, 5.41) is 8.14. The summed E-state index contributed by atoms with van der Waals surface area (Å²) in [7, 11) is 1.99. The zero-order chi connectivity index (χ0) is 12.6. The van der Waals surface area contributed by atoms with Gasteiger partial charge in [0.05, 0.1) is 11.9 Å². The van der Waals surface area contributed by atoms with Crippen LogP contribution in [-0.2, 0) is 7.05 Å². The van der Waals surface area contributed by atoms with Gasteiger partial charge in [0.1, 0.15) is 0 Å². The van der Waals surface area contributed by atoms with Crippen LogP contribution in [0.4, 0.5) is 5.69 Å². The van der Waals surface area contributed by atoms with Crippen LogP contribution in [0.25, 0.3) is 0 Å². The van der Waals surface area contributed by atoms with Crippen molar-refractivity contribution in [2.45, 2.75) is 50.6 Å². The smallest absolute Gasteiger partial charge is 0.0755 e. The van der Waals surface area contributed by atoms with Gasteiger partial charge in [-0.2, -0.15) is 5.10 Å². The van der Waals surface area contributed by atoms with E-state index in [1.807, 2.05) is 17.9 Å². The summed E-state index contributed by atoms with van der Waals surface area (Å²) in [4.78, 5) is 2.54. The van der Waals surface area contributed by atoms with Crippen LogP contribution in [0, 0.1) is 0 Å². The third kappa shape index (κ3) is 2.14. The Balaban J connectivity index is 1.80. The SMILES string of the molecule is CC1CNC2(CCCCC2)CN1c1cnn(C)c1. The fraction of sp³-hybridized carbons (Fsp3) is 0.786. The monoisotopic (exact) mass is 248 g/mol. The van der Waals surface area contributed by atoms with Gasteiger partial charge in [-0.05, 0) is 19.8 Å². The van der Waals surface area contributed by atoms with Gasteiger partial charge in [0.25, 0.3) is 0 Å². The van der Waals surface area contributed by atoms with E-state index in [0.29, 0.717) is 11.6 Å². The molecule has 0 amide bonds. The molecule has 1 unspecified atom stereocenters. The van der Waals surface area contributed by atoms with Crippen molar-refractivity contribution in [2.75, 3.05) is 18.0 Å². The summed E-state index contributed by atoms with van der Waals surface area (Å²) < 4.78 is 1.90. The van der Waals surface area contributed by atoms with Gasteiger partial charge >= 0.3 is 0 Å². The molecule has 100 valence electrons. The Morgan fingerprint density at radius 1 is 1.33 bits per heavy atom. The van der Waals surface area contributed by atoms with Gasteiger partial charge < -0.3 is 10.2 Å². The highest BCUT2D eigenvalue weighted by Gasteiger charge is 2.38. The maximum Gasteiger partial charge on any atom is 0.0755 e. The van der Waals surface area contributed by atoms with Crippen molar-refractivity contribution in [3.05, 3.63) is 12.4 Å². The number of aromatic nitrogens is 2. The summed E-state index contributed by atoms with van der Waals surface area (Å²) in [6.07, 6.45) is 11.0. The molecule has 0 bridgehead atoms. The molecule has 18 heavy (non-hydrogen) atoms. The number of aryl methyl sites for hydroxylation is 1. The van der Waals surface area contributed by atoms with Gasteiger partial charge in [0, 0.05) is 37.9 Å². The Labute approximate surface area is 109 Å². The number of piperazine rings is 1. The van der Waals surface area contributed by atoms with Gasteiger partial charge in [-0.15, -0.1) is 0 Å². The summed E-state index contributed by atoms with van der Waals surface area (Å²) in [6, 6.07) is 0.557. The highest BCUT2D eigenvalue weighted by Crippen LogP contribution is 2.33. The molecule has 4 nitrogen and oxygen atoms in total. The molecule has 2 aliphatic rings. The number of hydrogen-bond donors (Lipinski definition) is 1. The van der Waals surface area contributed by atoms with Crippen molar-refractivity contribution in [2.24, 2.45) is 7.05 Å². The first-order valence-corrected chi connectivity index (χ1v) is 7.19. The fourth-order valence-corrected chi connectivity index (χ4v) is 3.48. The van der Waals surface area contributed by atoms with E-state index in [9.17, 15) is 0 Å². The second-order valence-corrected chi connectivity index (χ2v) is 6.07. The van der Waals surface area contributed by atoms with Crippen LogP contribution in [-0.4, -0.2) is 34.5 Å². The standard InChI is InChI=1S/C14H24N4/c1-12-8-15-14(6-4-3-5-7-14)11-18(12)13-9-16-17(2)10-13/h9-10,12,15H,3-8,11H2,1-2H3. The van der Waals surface area contributed by atoms with E-state index in [2.05, 4.69) is 28.4 Å². The molecule has 1 atom stereocenters. The van der Waals surface area contributed by atoms with Crippen molar-refractivity contribution >= 4 is 5.69 Å². The lowest BCUT2D eigenvalue weighted by Crippen LogP contribution is -2.64. The maximum atomic E-state index is 4.31. The molecular weight excluding hydrogens is 224 g/mol. The van der Waals surface area contributed by atoms with Crippen LogP contribution in [0.15, 0.2) is 12.4 Å². The maximum absolute atomic E-state index is 4.31. The molecule has 2 heterocycles. The lowest BCUT2D eigenvalue weighted by Gasteiger charge is -2.49. The highest BCUT2D eigenvalue weighted by atomic mass is 15.3. The molecule has 2 fully saturated rings. The first kappa shape index (κ1) is 12.0. The molecule has 1 saturated carbocycles. The summed E-state index contributed by atoms with van der Waals surface area (Å²) >= 11 is 0. The summed E-state index contributed by atoms with van der Waals surface area (Å²) in [5.41, 5.74) is 1.64. The van der Waals surface area contributed by atoms with E-state index >= 15 is 0 Å². The predicted octanol–water partition coefficient (Wildman–Crippen LogP) is 1.92. The average molecular weight is 248 g/mol. The first-order valence-electron chi connectivity index (χ1n) is 7.19. The van der Waals surface area contributed by atoms with Gasteiger partial charge in [-0.3, -0.25) is 4.68 Å². The van der Waals surface area contributed by atoms with E-state index < -0.39 is 0 Å². The topological polar surface area (TPSA) is 33.1 Å². The molecule has 1 aliphatic heterocycles. The van der Waals surface area contributed by atoms with E-state index in [1.54, 1.807) is 0 Å². The second-order valence-electron chi connectivity index (χ2n) is 6.07. The fourth-order valence-electron chi connectivity index (χ4n) is 3.48. The van der Waals surface area contributed by atoms with Crippen molar-refractivity contribution in [3.8, 4) is 0 Å². The molecule has 0 aromatic carbocycles. The Hall–Kier alpha value is -1.03. The van der Waals surface area contributed by atoms with Gasteiger partial charge in [0.15, 0.2) is 0 Å². The van der Waals surface area contributed by atoms with Crippen molar-refractivity contribution in [1.82, 2.24) is 15.1 Å². The Morgan fingerprint density at radius 3 is 2.78 bits per heavy atom. The van der Waals surface area contributed by atoms with Crippen LogP contribution in [0.5, 0.6) is 0 Å². The van der Waals surface area contributed by atoms with Crippen molar-refractivity contribution in [1.29, 1.82) is 0 Å². The third-order valence-corrected chi connectivity index (χ3v) is 4.61. The van der Waals surface area contributed by atoms with Crippen LogP contribution in [0.1, 0.15) is 39.0 Å². The Bertz CT molecular complexity index is 406. The zero-order valence-corrected chi connectivity index (χ0v) is 11.5. The van der Waals surface area contributed by atoms with Crippen molar-refractivity contribution < 1.29 is 0 Å². The van der Waals surface area contributed by atoms with E-state index in [-0.39, 0.29) is 0 Å². The Morgan fingerprint density at radius 2 is 2.11 bits per heavy atom. The molecule has 1 saturated heterocycles. The van der Waals surface area contributed by atoms with Crippen LogP contribution in [0.3, 0.4) is 0 Å². The molecule has 0 radical (unpaired) electrons. The normalized spacial score (nSPS) is 27.7. The molecule has 1 aliphatic carbocycles. The predicted molar refractivity (Wildman–Crippen MR) is 73.8 cm³/mol. The third-order valence-electron chi connectivity index (χ3n) is 4.61. The Kier molecular flexibility index (Phi) is 3.06. The summed E-state index contributed by atoms with van der Waals surface area (Å²) in [5.74, 6) is 0. The summed E-state index contributed by atoms with van der Waals surface area (Å²) in [6.45, 7) is 4.53. The van der Waals surface area contributed by atoms with Crippen LogP contribution >= 0.6 is 0 Å². The number of nitrogens with zero attached hydrogens (tertiary/aromatic N) is 3. The molecular formula is C14H24N4. The second kappa shape index (κ2) is 4.57. The minimum atomic E-state index is 0.362. The number of hydrogen-bond acceptors (Lipinski definition) is 3. The highest BCUT2D eigenvalue weighted by molar-refractivity contribution is 5.45.